The molecule has 0 saturated heterocycles. The Kier molecular flexibility index (Phi) is 8.04. The van der Waals surface area contributed by atoms with Gasteiger partial charge >= 0.3 is 0 Å². The molecule has 2 amide bonds. The Hall–Kier alpha value is -2.15. The fourth-order valence-electron chi connectivity index (χ4n) is 1.58. The summed E-state index contributed by atoms with van der Waals surface area (Å²) >= 11 is 3.37. The number of benzene rings is 1. The minimum atomic E-state index is -0.400. The SMILES string of the molecule is C=CCNC(=O)C/C(C)=N/NC(=O)COc1ccc(C)cc1Br. The summed E-state index contributed by atoms with van der Waals surface area (Å²) in [6, 6.07) is 5.57. The van der Waals surface area contributed by atoms with Gasteiger partial charge in [-0.2, -0.15) is 5.10 Å². The Morgan fingerprint density at radius 2 is 2.13 bits per heavy atom. The average molecular weight is 382 g/mol. The number of ether oxygens (including phenoxy) is 1. The van der Waals surface area contributed by atoms with Crippen LogP contribution < -0.4 is 15.5 Å². The van der Waals surface area contributed by atoms with Gasteiger partial charge in [-0.05, 0) is 47.5 Å². The molecule has 0 aliphatic carbocycles. The molecule has 0 spiro atoms. The Bertz CT molecular complexity index is 615. The van der Waals surface area contributed by atoms with Crippen LogP contribution in [0.4, 0.5) is 0 Å². The predicted molar refractivity (Wildman–Crippen MR) is 93.4 cm³/mol. The molecule has 23 heavy (non-hydrogen) atoms. The van der Waals surface area contributed by atoms with E-state index in [1.807, 2.05) is 19.1 Å². The number of carbonyl (C=O) groups is 2. The second kappa shape index (κ2) is 9.78. The summed E-state index contributed by atoms with van der Waals surface area (Å²) in [4.78, 5) is 23.1. The van der Waals surface area contributed by atoms with Gasteiger partial charge in [0, 0.05) is 12.3 Å². The number of aryl methyl sites for hydroxylation is 1. The van der Waals surface area contributed by atoms with Crippen LogP contribution >= 0.6 is 15.9 Å². The monoisotopic (exact) mass is 381 g/mol. The number of halogens is 1. The lowest BCUT2D eigenvalue weighted by atomic mass is 10.2. The third-order valence-electron chi connectivity index (χ3n) is 2.68. The normalized spacial score (nSPS) is 10.8. The maximum absolute atomic E-state index is 11.7. The molecule has 1 rings (SSSR count). The highest BCUT2D eigenvalue weighted by atomic mass is 79.9. The second-order valence-electron chi connectivity index (χ2n) is 4.87. The molecule has 0 aliphatic rings. The van der Waals surface area contributed by atoms with E-state index in [1.54, 1.807) is 19.1 Å². The van der Waals surface area contributed by atoms with Crippen LogP contribution in [0.1, 0.15) is 18.9 Å². The smallest absolute Gasteiger partial charge is 0.277 e. The molecule has 0 bridgehead atoms. The topological polar surface area (TPSA) is 79.8 Å². The van der Waals surface area contributed by atoms with Crippen LogP contribution in [0.25, 0.3) is 0 Å². The highest BCUT2D eigenvalue weighted by Gasteiger charge is 2.06. The summed E-state index contributed by atoms with van der Waals surface area (Å²) in [6.45, 7) is 7.36. The molecular weight excluding hydrogens is 362 g/mol. The van der Waals surface area contributed by atoms with E-state index in [2.05, 4.69) is 38.4 Å². The fourth-order valence-corrected chi connectivity index (χ4v) is 2.18. The minimum absolute atomic E-state index is 0.110. The summed E-state index contributed by atoms with van der Waals surface area (Å²) in [7, 11) is 0. The van der Waals surface area contributed by atoms with Crippen molar-refractivity contribution >= 4 is 33.5 Å². The Morgan fingerprint density at radius 1 is 1.39 bits per heavy atom. The molecular formula is C16H20BrN3O3. The first-order valence-corrected chi connectivity index (χ1v) is 7.80. The van der Waals surface area contributed by atoms with Crippen molar-refractivity contribution in [3.8, 4) is 5.75 Å². The van der Waals surface area contributed by atoms with Gasteiger partial charge in [-0.25, -0.2) is 5.43 Å². The van der Waals surface area contributed by atoms with Gasteiger partial charge in [-0.1, -0.05) is 12.1 Å². The summed E-state index contributed by atoms with van der Waals surface area (Å²) in [5, 5.41) is 6.49. The third-order valence-corrected chi connectivity index (χ3v) is 3.30. The number of hydrazone groups is 1. The lowest BCUT2D eigenvalue weighted by Crippen LogP contribution is -2.28. The zero-order valence-electron chi connectivity index (χ0n) is 13.2. The van der Waals surface area contributed by atoms with Crippen LogP contribution in [0.5, 0.6) is 5.75 Å². The van der Waals surface area contributed by atoms with Crippen molar-refractivity contribution < 1.29 is 14.3 Å². The van der Waals surface area contributed by atoms with Crippen molar-refractivity contribution in [3.63, 3.8) is 0 Å². The Morgan fingerprint density at radius 3 is 2.78 bits per heavy atom. The summed E-state index contributed by atoms with van der Waals surface area (Å²) in [6.07, 6.45) is 1.70. The van der Waals surface area contributed by atoms with Crippen molar-refractivity contribution in [1.82, 2.24) is 10.7 Å². The number of hydrogen-bond donors (Lipinski definition) is 2. The fraction of sp³-hybridized carbons (Fsp3) is 0.312. The molecule has 0 heterocycles. The van der Waals surface area contributed by atoms with Gasteiger partial charge < -0.3 is 10.1 Å². The number of rotatable bonds is 8. The molecule has 0 fully saturated rings. The van der Waals surface area contributed by atoms with Crippen LogP contribution in [0, 0.1) is 6.92 Å². The zero-order chi connectivity index (χ0) is 17.2. The van der Waals surface area contributed by atoms with Crippen LogP contribution in [-0.2, 0) is 9.59 Å². The van der Waals surface area contributed by atoms with Crippen LogP contribution in [0.15, 0.2) is 40.4 Å². The summed E-state index contributed by atoms with van der Waals surface area (Å²) < 4.78 is 6.18. The lowest BCUT2D eigenvalue weighted by Gasteiger charge is -2.08. The van der Waals surface area contributed by atoms with Crippen LogP contribution in [0.3, 0.4) is 0 Å². The second-order valence-corrected chi connectivity index (χ2v) is 5.73. The Labute approximate surface area is 144 Å². The number of hydrogen-bond acceptors (Lipinski definition) is 4. The largest absolute Gasteiger partial charge is 0.483 e. The number of nitrogens with zero attached hydrogens (tertiary/aromatic N) is 1. The molecule has 2 N–H and O–H groups in total. The third kappa shape index (κ3) is 7.60. The molecule has 0 aliphatic heterocycles. The van der Waals surface area contributed by atoms with E-state index in [4.69, 9.17) is 4.74 Å². The van der Waals surface area contributed by atoms with E-state index >= 15 is 0 Å². The molecule has 6 nitrogen and oxygen atoms in total. The van der Waals surface area contributed by atoms with Gasteiger partial charge in [0.15, 0.2) is 6.61 Å². The van der Waals surface area contributed by atoms with Crippen molar-refractivity contribution in [2.24, 2.45) is 5.10 Å². The highest BCUT2D eigenvalue weighted by Crippen LogP contribution is 2.25. The maximum atomic E-state index is 11.7. The van der Waals surface area contributed by atoms with Crippen molar-refractivity contribution in [3.05, 3.63) is 40.9 Å². The molecule has 1 aromatic rings. The molecule has 0 saturated carbocycles. The first-order valence-electron chi connectivity index (χ1n) is 7.01. The van der Waals surface area contributed by atoms with Crippen molar-refractivity contribution in [2.75, 3.05) is 13.2 Å². The molecule has 0 unspecified atom stereocenters. The number of nitrogens with one attached hydrogen (secondary N) is 2. The van der Waals surface area contributed by atoms with E-state index in [0.717, 1.165) is 10.0 Å². The first kappa shape index (κ1) is 18.9. The summed E-state index contributed by atoms with van der Waals surface area (Å²) in [5.74, 6) is -0.00110. The van der Waals surface area contributed by atoms with Crippen molar-refractivity contribution in [1.29, 1.82) is 0 Å². The molecule has 0 aromatic heterocycles. The highest BCUT2D eigenvalue weighted by molar-refractivity contribution is 9.10. The van der Waals surface area contributed by atoms with E-state index < -0.39 is 5.91 Å². The molecule has 1 aromatic carbocycles. The first-order chi connectivity index (χ1) is 10.9. The molecule has 7 heteroatoms. The van der Waals surface area contributed by atoms with Crippen LogP contribution in [0.2, 0.25) is 0 Å². The van der Waals surface area contributed by atoms with E-state index in [9.17, 15) is 9.59 Å². The molecule has 0 radical (unpaired) electrons. The number of carbonyl (C=O) groups excluding carboxylic acids is 2. The maximum Gasteiger partial charge on any atom is 0.277 e. The average Bonchev–Trinajstić information content (AvgIpc) is 2.50. The molecule has 124 valence electrons. The van der Waals surface area contributed by atoms with Crippen LogP contribution in [-0.4, -0.2) is 30.7 Å². The quantitative estimate of drug-likeness (QED) is 0.412. The summed E-state index contributed by atoms with van der Waals surface area (Å²) in [5.41, 5.74) is 3.94. The van der Waals surface area contributed by atoms with Gasteiger partial charge in [-0.15, -0.1) is 6.58 Å². The van der Waals surface area contributed by atoms with Gasteiger partial charge in [0.1, 0.15) is 5.75 Å². The van der Waals surface area contributed by atoms with Gasteiger partial charge in [0.05, 0.1) is 10.9 Å². The van der Waals surface area contributed by atoms with Gasteiger partial charge in [-0.3, -0.25) is 9.59 Å². The van der Waals surface area contributed by atoms with Gasteiger partial charge in [0.25, 0.3) is 5.91 Å². The minimum Gasteiger partial charge on any atom is -0.483 e. The van der Waals surface area contributed by atoms with E-state index in [-0.39, 0.29) is 18.9 Å². The van der Waals surface area contributed by atoms with Gasteiger partial charge in [0.2, 0.25) is 5.91 Å². The number of amides is 2. The van der Waals surface area contributed by atoms with E-state index in [0.29, 0.717) is 18.0 Å². The Balaban J connectivity index is 2.39. The lowest BCUT2D eigenvalue weighted by molar-refractivity contribution is -0.123. The van der Waals surface area contributed by atoms with Crippen molar-refractivity contribution in [2.45, 2.75) is 20.3 Å². The zero-order valence-corrected chi connectivity index (χ0v) is 14.8. The predicted octanol–water partition coefficient (Wildman–Crippen LogP) is 2.32. The van der Waals surface area contributed by atoms with E-state index in [1.165, 1.54) is 0 Å². The molecule has 0 atom stereocenters. The standard InChI is InChI=1S/C16H20BrN3O3/c1-4-7-18-15(21)9-12(3)19-20-16(22)10-23-14-6-5-11(2)8-13(14)17/h4-6,8H,1,7,9-10H2,2-3H3,(H,18,21)(H,20,22)/b19-12+.